The van der Waals surface area contributed by atoms with Gasteiger partial charge in [0.05, 0.1) is 11.1 Å². The highest BCUT2D eigenvalue weighted by Gasteiger charge is 2.20. The Balaban J connectivity index is 2.46. The Labute approximate surface area is 224 Å². The number of carboxylic acid groups (broad SMARTS) is 1. The molecule has 37 heavy (non-hydrogen) atoms. The molecule has 1 aromatic rings. The molecular weight excluding hydrogens is 472 g/mol. The van der Waals surface area contributed by atoms with E-state index in [9.17, 15) is 14.7 Å². The minimum absolute atomic E-state index is 0.00978. The van der Waals surface area contributed by atoms with Crippen molar-refractivity contribution in [3.05, 3.63) is 35.4 Å². The molecular formula is C30H50O7. The van der Waals surface area contributed by atoms with E-state index in [0.717, 1.165) is 37.5 Å². The number of hydrogen-bond acceptors (Lipinski definition) is 6. The molecule has 0 aromatic heterocycles. The second-order valence-corrected chi connectivity index (χ2v) is 10.5. The lowest BCUT2D eigenvalue weighted by molar-refractivity contribution is -0.204. The summed E-state index contributed by atoms with van der Waals surface area (Å²) in [6.45, 7) is 11.9. The van der Waals surface area contributed by atoms with Gasteiger partial charge in [-0.15, -0.1) is 0 Å². The van der Waals surface area contributed by atoms with Gasteiger partial charge in [0, 0.05) is 13.2 Å². The molecule has 0 heterocycles. The van der Waals surface area contributed by atoms with Gasteiger partial charge in [-0.2, -0.15) is 0 Å². The van der Waals surface area contributed by atoms with E-state index in [2.05, 4.69) is 27.7 Å². The van der Waals surface area contributed by atoms with Gasteiger partial charge in [0.1, 0.15) is 6.61 Å². The number of carbonyl (C=O) groups is 2. The van der Waals surface area contributed by atoms with Crippen LogP contribution in [0, 0.1) is 11.8 Å². The second kappa shape index (κ2) is 20.1. The van der Waals surface area contributed by atoms with Crippen molar-refractivity contribution >= 4 is 11.9 Å². The van der Waals surface area contributed by atoms with Gasteiger partial charge in [-0.1, -0.05) is 91.2 Å². The summed E-state index contributed by atoms with van der Waals surface area (Å²) in [4.78, 5) is 23.9. The molecule has 212 valence electrons. The highest BCUT2D eigenvalue weighted by Crippen LogP contribution is 2.14. The highest BCUT2D eigenvalue weighted by atomic mass is 16.7. The zero-order chi connectivity index (χ0) is 27.5. The predicted molar refractivity (Wildman–Crippen MR) is 146 cm³/mol. The van der Waals surface area contributed by atoms with Gasteiger partial charge in [0.2, 0.25) is 6.29 Å². The molecule has 0 saturated heterocycles. The number of unbranched alkanes of at least 4 members (excludes halogenated alkanes) is 6. The molecule has 1 unspecified atom stereocenters. The Hall–Kier alpha value is -1.96. The van der Waals surface area contributed by atoms with E-state index in [1.54, 1.807) is 19.1 Å². The van der Waals surface area contributed by atoms with Crippen molar-refractivity contribution in [1.82, 2.24) is 0 Å². The molecule has 1 aromatic carbocycles. The molecule has 0 saturated carbocycles. The first kappa shape index (κ1) is 33.1. The maximum atomic E-state index is 12.5. The number of aromatic carboxylic acids is 1. The molecule has 0 bridgehead atoms. The van der Waals surface area contributed by atoms with Crippen molar-refractivity contribution in [3.63, 3.8) is 0 Å². The third-order valence-corrected chi connectivity index (χ3v) is 6.08. The lowest BCUT2D eigenvalue weighted by Crippen LogP contribution is -2.29. The fourth-order valence-electron chi connectivity index (χ4n) is 3.90. The highest BCUT2D eigenvalue weighted by molar-refractivity contribution is 6.02. The van der Waals surface area contributed by atoms with Crippen molar-refractivity contribution < 1.29 is 33.6 Å². The van der Waals surface area contributed by atoms with Crippen molar-refractivity contribution in [3.8, 4) is 0 Å². The van der Waals surface area contributed by atoms with Crippen LogP contribution in [-0.2, 0) is 18.9 Å². The molecule has 0 amide bonds. The molecule has 0 aliphatic heterocycles. The van der Waals surface area contributed by atoms with E-state index in [1.165, 1.54) is 50.7 Å². The van der Waals surface area contributed by atoms with Crippen molar-refractivity contribution in [2.75, 3.05) is 19.8 Å². The third-order valence-electron chi connectivity index (χ3n) is 6.08. The molecule has 1 atom stereocenters. The first-order chi connectivity index (χ1) is 17.7. The lowest BCUT2D eigenvalue weighted by atomic mass is 10.0. The predicted octanol–water partition coefficient (Wildman–Crippen LogP) is 7.48. The van der Waals surface area contributed by atoms with Gasteiger partial charge >= 0.3 is 11.9 Å². The quantitative estimate of drug-likeness (QED) is 0.0959. The van der Waals surface area contributed by atoms with E-state index in [-0.39, 0.29) is 17.7 Å². The molecule has 0 radical (unpaired) electrons. The van der Waals surface area contributed by atoms with Gasteiger partial charge in [-0.05, 0) is 43.7 Å². The molecule has 1 N–H and O–H groups in total. The Morgan fingerprint density at radius 1 is 0.703 bits per heavy atom. The second-order valence-electron chi connectivity index (χ2n) is 10.5. The van der Waals surface area contributed by atoms with Crippen LogP contribution in [0.4, 0.5) is 0 Å². The third kappa shape index (κ3) is 16.5. The Morgan fingerprint density at radius 3 is 1.68 bits per heavy atom. The summed E-state index contributed by atoms with van der Waals surface area (Å²) in [5.41, 5.74) is -0.115. The summed E-state index contributed by atoms with van der Waals surface area (Å²) < 4.78 is 22.9. The maximum absolute atomic E-state index is 12.5. The van der Waals surface area contributed by atoms with E-state index in [1.807, 2.05) is 0 Å². The Morgan fingerprint density at radius 2 is 1.19 bits per heavy atom. The molecule has 0 fully saturated rings. The lowest BCUT2D eigenvalue weighted by Gasteiger charge is -2.21. The van der Waals surface area contributed by atoms with Crippen LogP contribution in [0.25, 0.3) is 0 Å². The number of ether oxygens (including phenoxy) is 4. The van der Waals surface area contributed by atoms with Crippen LogP contribution in [0.2, 0.25) is 0 Å². The number of carbonyl (C=O) groups excluding carboxylic acids is 1. The minimum atomic E-state index is -1.18. The maximum Gasteiger partial charge on any atom is 0.341 e. The summed E-state index contributed by atoms with van der Waals surface area (Å²) in [6, 6.07) is 5.95. The van der Waals surface area contributed by atoms with E-state index in [0.29, 0.717) is 13.2 Å². The van der Waals surface area contributed by atoms with Crippen LogP contribution in [-0.4, -0.2) is 49.4 Å². The average molecular weight is 523 g/mol. The summed E-state index contributed by atoms with van der Waals surface area (Å²) in [5.74, 6) is -0.446. The first-order valence-electron chi connectivity index (χ1n) is 14.1. The van der Waals surface area contributed by atoms with Crippen LogP contribution in [0.5, 0.6) is 0 Å². The number of benzene rings is 1. The largest absolute Gasteiger partial charge is 0.478 e. The Kier molecular flexibility index (Phi) is 17.9. The summed E-state index contributed by atoms with van der Waals surface area (Å²) in [5, 5.41) is 9.30. The number of rotatable bonds is 22. The van der Waals surface area contributed by atoms with Gasteiger partial charge in [-0.3, -0.25) is 0 Å². The smallest absolute Gasteiger partial charge is 0.341 e. The van der Waals surface area contributed by atoms with Crippen LogP contribution >= 0.6 is 0 Å². The molecule has 0 aliphatic rings. The monoisotopic (exact) mass is 522 g/mol. The zero-order valence-electron chi connectivity index (χ0n) is 23.7. The van der Waals surface area contributed by atoms with E-state index < -0.39 is 24.5 Å². The van der Waals surface area contributed by atoms with Crippen LogP contribution in [0.15, 0.2) is 24.3 Å². The molecule has 0 aliphatic carbocycles. The van der Waals surface area contributed by atoms with Gasteiger partial charge in [0.15, 0.2) is 6.29 Å². The van der Waals surface area contributed by atoms with Crippen LogP contribution < -0.4 is 0 Å². The average Bonchev–Trinajstić information content (AvgIpc) is 2.85. The van der Waals surface area contributed by atoms with Crippen LogP contribution in [0.1, 0.15) is 120 Å². The van der Waals surface area contributed by atoms with Crippen molar-refractivity contribution in [2.24, 2.45) is 11.8 Å². The van der Waals surface area contributed by atoms with Crippen molar-refractivity contribution in [2.45, 2.75) is 111 Å². The number of hydrogen-bond donors (Lipinski definition) is 1. The summed E-state index contributed by atoms with van der Waals surface area (Å²) in [6.07, 6.45) is 10.1. The fourth-order valence-corrected chi connectivity index (χ4v) is 3.90. The zero-order valence-corrected chi connectivity index (χ0v) is 23.7. The molecule has 1 rings (SSSR count). The summed E-state index contributed by atoms with van der Waals surface area (Å²) >= 11 is 0. The molecule has 0 spiro atoms. The van der Waals surface area contributed by atoms with E-state index in [4.69, 9.17) is 18.9 Å². The number of carboxylic acids is 1. The SMILES string of the molecule is CC(C)CCCCCCOC(COC(C)OC(=O)c1ccccc1C(=O)O)OCCCCCCC(C)C. The fraction of sp³-hybridized carbons (Fsp3) is 0.733. The van der Waals surface area contributed by atoms with Crippen molar-refractivity contribution in [1.29, 1.82) is 0 Å². The first-order valence-corrected chi connectivity index (χ1v) is 14.1. The minimum Gasteiger partial charge on any atom is -0.478 e. The van der Waals surface area contributed by atoms with Crippen LogP contribution in [0.3, 0.4) is 0 Å². The normalized spacial score (nSPS) is 12.4. The summed E-state index contributed by atoms with van der Waals surface area (Å²) in [7, 11) is 0. The topological polar surface area (TPSA) is 91.3 Å². The standard InChI is InChI=1S/C30H50O7/c1-23(2)16-10-6-8-14-20-34-28(35-21-15-9-7-11-17-24(3)4)22-36-25(5)37-30(33)27-19-13-12-18-26(27)29(31)32/h12-13,18-19,23-25,28H,6-11,14-17,20-22H2,1-5H3,(H,31,32). The Bertz CT molecular complexity index is 725. The van der Waals surface area contributed by atoms with Gasteiger partial charge in [-0.25, -0.2) is 9.59 Å². The van der Waals surface area contributed by atoms with E-state index >= 15 is 0 Å². The van der Waals surface area contributed by atoms with Gasteiger partial charge in [0.25, 0.3) is 0 Å². The number of esters is 1. The molecule has 7 heteroatoms. The molecule has 7 nitrogen and oxygen atoms in total. The van der Waals surface area contributed by atoms with Gasteiger partial charge < -0.3 is 24.1 Å².